The Kier molecular flexibility index (Phi) is 5.86. The van der Waals surface area contributed by atoms with E-state index in [-0.39, 0.29) is 27.8 Å². The minimum atomic E-state index is -4.09. The van der Waals surface area contributed by atoms with Crippen molar-refractivity contribution < 1.29 is 22.1 Å². The Morgan fingerprint density at radius 1 is 0.938 bits per heavy atom. The van der Waals surface area contributed by atoms with E-state index in [9.17, 15) is 13.2 Å². The van der Waals surface area contributed by atoms with Gasteiger partial charge in [0.2, 0.25) is 5.90 Å². The first-order valence-electron chi connectivity index (χ1n) is 9.61. The maximum atomic E-state index is 12.7. The average Bonchev–Trinajstić information content (AvgIpc) is 3.11. The molecule has 4 rings (SSSR count). The highest BCUT2D eigenvalue weighted by atomic mass is 35.5. The third kappa shape index (κ3) is 4.74. The Balaban J connectivity index is 1.69. The van der Waals surface area contributed by atoms with Crippen molar-refractivity contribution in [3.05, 3.63) is 99.7 Å². The van der Waals surface area contributed by atoms with E-state index in [0.717, 1.165) is 11.1 Å². The molecule has 0 aromatic heterocycles. The van der Waals surface area contributed by atoms with Crippen LogP contribution in [0.5, 0.6) is 5.75 Å². The number of hydrogen-bond donors (Lipinski definition) is 0. The second-order valence-corrected chi connectivity index (χ2v) is 9.22. The zero-order chi connectivity index (χ0) is 22.9. The van der Waals surface area contributed by atoms with Crippen molar-refractivity contribution in [2.75, 3.05) is 0 Å². The van der Waals surface area contributed by atoms with Gasteiger partial charge in [0.25, 0.3) is 0 Å². The smallest absolute Gasteiger partial charge is 0.363 e. The lowest BCUT2D eigenvalue weighted by Crippen LogP contribution is -2.10. The van der Waals surface area contributed by atoms with Crippen LogP contribution in [0.2, 0.25) is 5.02 Å². The van der Waals surface area contributed by atoms with Crippen molar-refractivity contribution >= 4 is 39.7 Å². The molecule has 0 bridgehead atoms. The minimum Gasteiger partial charge on any atom is -0.402 e. The van der Waals surface area contributed by atoms with Gasteiger partial charge in [0.15, 0.2) is 5.70 Å². The Bertz CT molecular complexity index is 1360. The number of aliphatic imine (C=N–C) groups is 1. The normalized spacial score (nSPS) is 14.9. The molecule has 0 aliphatic carbocycles. The van der Waals surface area contributed by atoms with Crippen molar-refractivity contribution in [3.8, 4) is 5.75 Å². The number of benzene rings is 3. The molecule has 0 atom stereocenters. The van der Waals surface area contributed by atoms with Gasteiger partial charge in [-0.1, -0.05) is 47.0 Å². The largest absolute Gasteiger partial charge is 0.402 e. The van der Waals surface area contributed by atoms with Crippen LogP contribution in [0.1, 0.15) is 22.3 Å². The summed E-state index contributed by atoms with van der Waals surface area (Å²) >= 11 is 6.10. The van der Waals surface area contributed by atoms with Crippen LogP contribution in [-0.4, -0.2) is 20.3 Å². The van der Waals surface area contributed by atoms with Crippen LogP contribution in [0.3, 0.4) is 0 Å². The summed E-state index contributed by atoms with van der Waals surface area (Å²) < 4.78 is 36.1. The minimum absolute atomic E-state index is 0.000394. The molecule has 0 unspecified atom stereocenters. The molecule has 3 aromatic rings. The summed E-state index contributed by atoms with van der Waals surface area (Å²) in [5.41, 5.74) is 2.90. The number of cyclic esters (lactones) is 1. The molecular formula is C24H18ClNO5S. The van der Waals surface area contributed by atoms with Gasteiger partial charge in [0.1, 0.15) is 10.6 Å². The van der Waals surface area contributed by atoms with E-state index < -0.39 is 16.1 Å². The summed E-state index contributed by atoms with van der Waals surface area (Å²) in [7, 11) is -4.09. The summed E-state index contributed by atoms with van der Waals surface area (Å²) in [5, 5.41) is 0.339. The van der Waals surface area contributed by atoms with Crippen LogP contribution < -0.4 is 4.18 Å². The zero-order valence-corrected chi connectivity index (χ0v) is 18.8. The zero-order valence-electron chi connectivity index (χ0n) is 17.2. The molecule has 8 heteroatoms. The van der Waals surface area contributed by atoms with Crippen molar-refractivity contribution in [3.63, 3.8) is 0 Å². The fourth-order valence-electron chi connectivity index (χ4n) is 2.96. The SMILES string of the molecule is Cc1ccc(C2=NC(=Cc3cc(Cl)ccc3OS(=O)(=O)c3ccc(C)cc3)C(=O)O2)cc1. The Morgan fingerprint density at radius 3 is 2.22 bits per heavy atom. The lowest BCUT2D eigenvalue weighted by atomic mass is 10.1. The standard InChI is InChI=1S/C24H18ClNO5S/c1-15-3-7-17(8-4-15)23-26-21(24(27)30-23)14-18-13-19(25)9-12-22(18)31-32(28,29)20-10-5-16(2)6-11-20/h3-14H,1-2H3. The topological polar surface area (TPSA) is 82.0 Å². The highest BCUT2D eigenvalue weighted by Crippen LogP contribution is 2.30. The molecule has 0 saturated heterocycles. The molecule has 162 valence electrons. The third-order valence-electron chi connectivity index (χ3n) is 4.69. The predicted molar refractivity (Wildman–Crippen MR) is 122 cm³/mol. The molecule has 1 heterocycles. The van der Waals surface area contributed by atoms with Gasteiger partial charge in [-0.05, 0) is 62.4 Å². The van der Waals surface area contributed by atoms with Gasteiger partial charge in [0, 0.05) is 16.1 Å². The van der Waals surface area contributed by atoms with Crippen molar-refractivity contribution in [2.45, 2.75) is 18.7 Å². The van der Waals surface area contributed by atoms with E-state index in [1.54, 1.807) is 24.3 Å². The number of aryl methyl sites for hydroxylation is 2. The van der Waals surface area contributed by atoms with E-state index in [2.05, 4.69) is 4.99 Å². The van der Waals surface area contributed by atoms with E-state index in [0.29, 0.717) is 10.6 Å². The number of ether oxygens (including phenoxy) is 1. The van der Waals surface area contributed by atoms with Gasteiger partial charge in [-0.2, -0.15) is 8.42 Å². The molecular weight excluding hydrogens is 450 g/mol. The van der Waals surface area contributed by atoms with E-state index in [1.165, 1.54) is 36.4 Å². The lowest BCUT2D eigenvalue weighted by molar-refractivity contribution is -0.129. The molecule has 0 amide bonds. The highest BCUT2D eigenvalue weighted by molar-refractivity contribution is 7.87. The number of hydrogen-bond acceptors (Lipinski definition) is 6. The number of carbonyl (C=O) groups excluding carboxylic acids is 1. The first-order valence-corrected chi connectivity index (χ1v) is 11.4. The van der Waals surface area contributed by atoms with Gasteiger partial charge in [-0.15, -0.1) is 0 Å². The molecule has 6 nitrogen and oxygen atoms in total. The van der Waals surface area contributed by atoms with Gasteiger partial charge in [-0.3, -0.25) is 0 Å². The number of nitrogens with zero attached hydrogens (tertiary/aromatic N) is 1. The molecule has 0 spiro atoms. The maximum absolute atomic E-state index is 12.7. The van der Waals surface area contributed by atoms with Crippen LogP contribution >= 0.6 is 11.6 Å². The second-order valence-electron chi connectivity index (χ2n) is 7.23. The molecule has 1 aliphatic heterocycles. The molecule has 0 N–H and O–H groups in total. The second kappa shape index (κ2) is 8.61. The van der Waals surface area contributed by atoms with Crippen LogP contribution in [0.4, 0.5) is 0 Å². The van der Waals surface area contributed by atoms with Crippen LogP contribution in [0.25, 0.3) is 6.08 Å². The number of carbonyl (C=O) groups is 1. The highest BCUT2D eigenvalue weighted by Gasteiger charge is 2.25. The monoisotopic (exact) mass is 467 g/mol. The summed E-state index contributed by atoms with van der Waals surface area (Å²) in [6.07, 6.45) is 1.38. The quantitative estimate of drug-likeness (QED) is 0.297. The van der Waals surface area contributed by atoms with Gasteiger partial charge in [0.05, 0.1) is 0 Å². The van der Waals surface area contributed by atoms with E-state index in [4.69, 9.17) is 20.5 Å². The first-order chi connectivity index (χ1) is 15.2. The maximum Gasteiger partial charge on any atom is 0.363 e. The van der Waals surface area contributed by atoms with E-state index in [1.807, 2.05) is 26.0 Å². The molecule has 3 aromatic carbocycles. The summed E-state index contributed by atoms with van der Waals surface area (Å²) in [4.78, 5) is 16.6. The number of esters is 1. The van der Waals surface area contributed by atoms with Crippen molar-refractivity contribution in [1.82, 2.24) is 0 Å². The number of halogens is 1. The van der Waals surface area contributed by atoms with Gasteiger partial charge < -0.3 is 8.92 Å². The van der Waals surface area contributed by atoms with Crippen LogP contribution in [0, 0.1) is 13.8 Å². The van der Waals surface area contributed by atoms with E-state index >= 15 is 0 Å². The summed E-state index contributed by atoms with van der Waals surface area (Å²) in [6, 6.07) is 18.0. The van der Waals surface area contributed by atoms with Gasteiger partial charge in [-0.25, -0.2) is 9.79 Å². The average molecular weight is 468 g/mol. The fraction of sp³-hybridized carbons (Fsp3) is 0.0833. The summed E-state index contributed by atoms with van der Waals surface area (Å²) in [5.74, 6) is -0.486. The predicted octanol–water partition coefficient (Wildman–Crippen LogP) is 5.07. The Labute approximate surface area is 190 Å². The molecule has 1 aliphatic rings. The summed E-state index contributed by atoms with van der Waals surface area (Å²) in [6.45, 7) is 3.80. The molecule has 0 saturated carbocycles. The number of rotatable bonds is 5. The Hall–Kier alpha value is -3.42. The van der Waals surface area contributed by atoms with Crippen LogP contribution in [-0.2, 0) is 19.6 Å². The first kappa shape index (κ1) is 21.8. The van der Waals surface area contributed by atoms with Crippen LogP contribution in [0.15, 0.2) is 82.3 Å². The molecule has 0 fully saturated rings. The van der Waals surface area contributed by atoms with Gasteiger partial charge >= 0.3 is 16.1 Å². The molecule has 0 radical (unpaired) electrons. The Morgan fingerprint density at radius 2 is 1.56 bits per heavy atom. The third-order valence-corrected chi connectivity index (χ3v) is 6.18. The van der Waals surface area contributed by atoms with Crippen molar-refractivity contribution in [1.29, 1.82) is 0 Å². The fourth-order valence-corrected chi connectivity index (χ4v) is 4.09. The molecule has 32 heavy (non-hydrogen) atoms. The van der Waals surface area contributed by atoms with Crippen molar-refractivity contribution in [2.24, 2.45) is 4.99 Å². The lowest BCUT2D eigenvalue weighted by Gasteiger charge is -2.10.